The van der Waals surface area contributed by atoms with Crippen LogP contribution in [0.1, 0.15) is 57.9 Å². The van der Waals surface area contributed by atoms with Crippen LogP contribution in [0.25, 0.3) is 0 Å². The molecule has 0 aliphatic heterocycles. The highest BCUT2D eigenvalue weighted by Gasteiger charge is 2.42. The second kappa shape index (κ2) is 9.63. The quantitative estimate of drug-likeness (QED) is 0.409. The van der Waals surface area contributed by atoms with E-state index in [4.69, 9.17) is 4.74 Å². The Hall–Kier alpha value is -2.69. The van der Waals surface area contributed by atoms with Gasteiger partial charge < -0.3 is 9.84 Å². The third-order valence-corrected chi connectivity index (χ3v) is 4.97. The van der Waals surface area contributed by atoms with Crippen molar-refractivity contribution in [3.8, 4) is 5.75 Å². The van der Waals surface area contributed by atoms with Crippen LogP contribution in [0.5, 0.6) is 5.75 Å². The Morgan fingerprint density at radius 2 is 1.84 bits per heavy atom. The van der Waals surface area contributed by atoms with E-state index in [9.17, 15) is 36.6 Å². The molecule has 1 aromatic heterocycles. The molecule has 1 aromatic carbocycles. The first kappa shape index (κ1) is 24.6. The van der Waals surface area contributed by atoms with Crippen LogP contribution < -0.4 is 4.74 Å². The van der Waals surface area contributed by atoms with Gasteiger partial charge in [-0.2, -0.15) is 13.2 Å². The van der Waals surface area contributed by atoms with E-state index in [1.54, 1.807) is 19.9 Å². The van der Waals surface area contributed by atoms with Crippen LogP contribution in [-0.2, 0) is 12.6 Å². The van der Waals surface area contributed by atoms with Crippen LogP contribution in [0.2, 0.25) is 0 Å². The van der Waals surface area contributed by atoms with Gasteiger partial charge in [-0.05, 0) is 47.9 Å². The predicted molar refractivity (Wildman–Crippen MR) is 103 cm³/mol. The summed E-state index contributed by atoms with van der Waals surface area (Å²) >= 11 is 0.393. The molecule has 0 unspecified atom stereocenters. The van der Waals surface area contributed by atoms with Gasteiger partial charge in [-0.15, -0.1) is 0 Å². The second-order valence-electron chi connectivity index (χ2n) is 6.84. The molecular weight excluding hydrogens is 445 g/mol. The monoisotopic (exact) mass is 463 g/mol. The van der Waals surface area contributed by atoms with Crippen molar-refractivity contribution in [3.63, 3.8) is 0 Å². The number of hydrogen-bond donors (Lipinski definition) is 1. The molecule has 0 atom stereocenters. The first-order valence-electron chi connectivity index (χ1n) is 8.88. The maximum absolute atomic E-state index is 13.7. The van der Waals surface area contributed by atoms with Crippen LogP contribution >= 0.6 is 11.8 Å². The number of halogens is 5. The molecule has 2 rings (SSSR count). The second-order valence-corrected chi connectivity index (χ2v) is 7.89. The number of methoxy groups -OCH3 is 1. The van der Waals surface area contributed by atoms with E-state index in [-0.39, 0.29) is 11.3 Å². The van der Waals surface area contributed by atoms with Crippen molar-refractivity contribution in [3.05, 3.63) is 52.3 Å². The highest BCUT2D eigenvalue weighted by Crippen LogP contribution is 2.40. The van der Waals surface area contributed by atoms with E-state index in [1.165, 1.54) is 25.3 Å². The van der Waals surface area contributed by atoms with Crippen LogP contribution in [0.15, 0.2) is 29.2 Å². The van der Waals surface area contributed by atoms with Crippen molar-refractivity contribution in [1.82, 2.24) is 4.98 Å². The number of thioether (sulfide) groups is 1. The van der Waals surface area contributed by atoms with Crippen LogP contribution in [0.4, 0.5) is 22.0 Å². The number of carboxylic acid groups (broad SMARTS) is 1. The van der Waals surface area contributed by atoms with Crippen molar-refractivity contribution >= 4 is 22.8 Å². The zero-order valence-electron chi connectivity index (χ0n) is 16.6. The Morgan fingerprint density at radius 3 is 2.32 bits per heavy atom. The van der Waals surface area contributed by atoms with Gasteiger partial charge in [0.15, 0.2) is 5.69 Å². The smallest absolute Gasteiger partial charge is 0.434 e. The van der Waals surface area contributed by atoms with Crippen molar-refractivity contribution in [2.75, 3.05) is 7.11 Å². The van der Waals surface area contributed by atoms with E-state index in [1.807, 2.05) is 0 Å². The topological polar surface area (TPSA) is 76.5 Å². The van der Waals surface area contributed by atoms with Gasteiger partial charge in [0, 0.05) is 4.90 Å². The number of carbonyl (C=O) groups is 2. The molecule has 0 saturated heterocycles. The standard InChI is InChI=1S/C20H18F5NO4S/c1-9(2)7-12-13(18(27)28)15(17(21)22)26-16(20(23,24)25)14(12)19(29)31-11-6-4-5-10(8-11)30-3/h4-6,8-9,17H,7H2,1-3H3,(H,27,28). The maximum atomic E-state index is 13.7. The molecule has 1 N–H and O–H groups in total. The fourth-order valence-corrected chi connectivity index (χ4v) is 3.77. The largest absolute Gasteiger partial charge is 0.497 e. The Kier molecular flexibility index (Phi) is 7.63. The minimum Gasteiger partial charge on any atom is -0.497 e. The third-order valence-electron chi connectivity index (χ3n) is 4.09. The van der Waals surface area contributed by atoms with Crippen LogP contribution in [0, 0.1) is 5.92 Å². The lowest BCUT2D eigenvalue weighted by Gasteiger charge is -2.21. The summed E-state index contributed by atoms with van der Waals surface area (Å²) in [6, 6.07) is 5.91. The highest BCUT2D eigenvalue weighted by molar-refractivity contribution is 8.14. The maximum Gasteiger partial charge on any atom is 0.434 e. The number of carbonyl (C=O) groups excluding carboxylic acids is 1. The average molecular weight is 463 g/mol. The number of rotatable bonds is 7. The molecule has 1 heterocycles. The molecule has 0 spiro atoms. The lowest BCUT2D eigenvalue weighted by Crippen LogP contribution is -2.23. The number of ether oxygens (including phenoxy) is 1. The average Bonchev–Trinajstić information content (AvgIpc) is 2.65. The number of nitrogens with zero attached hydrogens (tertiary/aromatic N) is 1. The summed E-state index contributed by atoms with van der Waals surface area (Å²) in [6.45, 7) is 3.12. The molecule has 2 aromatic rings. The lowest BCUT2D eigenvalue weighted by atomic mass is 9.91. The fraction of sp³-hybridized carbons (Fsp3) is 0.350. The van der Waals surface area contributed by atoms with E-state index in [2.05, 4.69) is 4.98 Å². The number of pyridine rings is 1. The normalized spacial score (nSPS) is 11.8. The molecule has 0 bridgehead atoms. The summed E-state index contributed by atoms with van der Waals surface area (Å²) < 4.78 is 73.1. The van der Waals surface area contributed by atoms with Gasteiger partial charge in [-0.1, -0.05) is 19.9 Å². The molecule has 0 radical (unpaired) electrons. The Morgan fingerprint density at radius 1 is 1.19 bits per heavy atom. The van der Waals surface area contributed by atoms with Crippen molar-refractivity contribution < 1.29 is 41.4 Å². The molecule has 0 amide bonds. The molecule has 0 saturated carbocycles. The van der Waals surface area contributed by atoms with E-state index in [0.29, 0.717) is 17.5 Å². The molecule has 5 nitrogen and oxygen atoms in total. The zero-order valence-corrected chi connectivity index (χ0v) is 17.4. The summed E-state index contributed by atoms with van der Waals surface area (Å²) in [5, 5.41) is 8.32. The summed E-state index contributed by atoms with van der Waals surface area (Å²) in [4.78, 5) is 27.8. The van der Waals surface area contributed by atoms with Crippen LogP contribution in [-0.4, -0.2) is 28.3 Å². The molecule has 11 heteroatoms. The number of alkyl halides is 5. The SMILES string of the molecule is COc1cccc(SC(=O)c2c(C(F)(F)F)nc(C(F)F)c(C(=O)O)c2CC(C)C)c1. The van der Waals surface area contributed by atoms with E-state index < -0.39 is 57.7 Å². The Balaban J connectivity index is 2.81. The van der Waals surface area contributed by atoms with E-state index >= 15 is 0 Å². The van der Waals surface area contributed by atoms with Gasteiger partial charge in [0.05, 0.1) is 18.2 Å². The summed E-state index contributed by atoms with van der Waals surface area (Å²) in [6.07, 6.45) is -9.17. The summed E-state index contributed by atoms with van der Waals surface area (Å²) in [5.41, 5.74) is -6.06. The minimum absolute atomic E-state index is 0.225. The van der Waals surface area contributed by atoms with Gasteiger partial charge in [-0.25, -0.2) is 18.6 Å². The van der Waals surface area contributed by atoms with Gasteiger partial charge >= 0.3 is 12.1 Å². The fourth-order valence-electron chi connectivity index (χ4n) is 2.91. The highest BCUT2D eigenvalue weighted by atomic mass is 32.2. The predicted octanol–water partition coefficient (Wildman–Crippen LogP) is 5.88. The molecule has 31 heavy (non-hydrogen) atoms. The molecule has 0 aliphatic carbocycles. The number of hydrogen-bond acceptors (Lipinski definition) is 5. The Bertz CT molecular complexity index is 992. The summed E-state index contributed by atoms with van der Waals surface area (Å²) in [7, 11) is 1.36. The van der Waals surface area contributed by atoms with Crippen molar-refractivity contribution in [2.24, 2.45) is 5.92 Å². The number of benzene rings is 1. The van der Waals surface area contributed by atoms with Crippen molar-refractivity contribution in [2.45, 2.75) is 37.8 Å². The zero-order chi connectivity index (χ0) is 23.5. The summed E-state index contributed by atoms with van der Waals surface area (Å²) in [5.74, 6) is -1.97. The number of carboxylic acids is 1. The first-order chi connectivity index (χ1) is 14.4. The first-order valence-corrected chi connectivity index (χ1v) is 9.70. The minimum atomic E-state index is -5.26. The Labute approximate surface area is 178 Å². The molecule has 168 valence electrons. The van der Waals surface area contributed by atoms with Crippen LogP contribution in [0.3, 0.4) is 0 Å². The number of aromatic carboxylic acids is 1. The molecule has 0 fully saturated rings. The third kappa shape index (κ3) is 5.72. The van der Waals surface area contributed by atoms with Gasteiger partial charge in [0.2, 0.25) is 5.12 Å². The van der Waals surface area contributed by atoms with Gasteiger partial charge in [0.25, 0.3) is 6.43 Å². The molecule has 0 aliphatic rings. The van der Waals surface area contributed by atoms with Crippen molar-refractivity contribution in [1.29, 1.82) is 0 Å². The molecular formula is C20H18F5NO4S. The number of aromatic nitrogens is 1. The van der Waals surface area contributed by atoms with Gasteiger partial charge in [-0.3, -0.25) is 4.79 Å². The van der Waals surface area contributed by atoms with E-state index in [0.717, 1.165) is 0 Å². The van der Waals surface area contributed by atoms with Gasteiger partial charge in [0.1, 0.15) is 11.4 Å². The lowest BCUT2D eigenvalue weighted by molar-refractivity contribution is -0.141.